The summed E-state index contributed by atoms with van der Waals surface area (Å²) in [7, 11) is 2.18. The molecule has 1 heterocycles. The lowest BCUT2D eigenvalue weighted by atomic mass is 10.2. The van der Waals surface area contributed by atoms with Crippen LogP contribution in [0.25, 0.3) is 0 Å². The lowest BCUT2D eigenvalue weighted by Gasteiger charge is -2.24. The van der Waals surface area contributed by atoms with Gasteiger partial charge in [-0.2, -0.15) is 11.8 Å². The first-order valence-corrected chi connectivity index (χ1v) is 8.89. The van der Waals surface area contributed by atoms with Crippen LogP contribution in [0.4, 0.5) is 0 Å². The monoisotopic (exact) mass is 298 g/mol. The third kappa shape index (κ3) is 6.33. The van der Waals surface area contributed by atoms with Crippen molar-refractivity contribution in [3.05, 3.63) is 23.7 Å². The third-order valence-corrected chi connectivity index (χ3v) is 4.23. The van der Waals surface area contributed by atoms with Crippen LogP contribution >= 0.6 is 11.8 Å². The number of nitrogens with one attached hydrogen (secondary N) is 1. The Labute approximate surface area is 128 Å². The van der Waals surface area contributed by atoms with Crippen molar-refractivity contribution in [1.82, 2.24) is 10.2 Å². The Morgan fingerprint density at radius 3 is 2.75 bits per heavy atom. The van der Waals surface area contributed by atoms with Gasteiger partial charge in [-0.15, -0.1) is 0 Å². The Hall–Kier alpha value is -0.450. The summed E-state index contributed by atoms with van der Waals surface area (Å²) in [5.41, 5.74) is 1.29. The summed E-state index contributed by atoms with van der Waals surface area (Å²) in [5, 5.41) is 3.48. The molecule has 1 atom stereocenters. The Kier molecular flexibility index (Phi) is 8.34. The average molecular weight is 298 g/mol. The van der Waals surface area contributed by atoms with Crippen LogP contribution in [-0.4, -0.2) is 36.5 Å². The molecule has 0 aliphatic carbocycles. The predicted molar refractivity (Wildman–Crippen MR) is 89.2 cm³/mol. The van der Waals surface area contributed by atoms with Crippen LogP contribution in [0.1, 0.15) is 38.5 Å². The molecule has 0 saturated carbocycles. The Balaban J connectivity index is 2.45. The van der Waals surface area contributed by atoms with Gasteiger partial charge in [0.25, 0.3) is 0 Å². The summed E-state index contributed by atoms with van der Waals surface area (Å²) >= 11 is 1.91. The molecule has 0 aromatic carbocycles. The molecule has 0 saturated heterocycles. The van der Waals surface area contributed by atoms with Crippen LogP contribution < -0.4 is 5.32 Å². The van der Waals surface area contributed by atoms with Crippen LogP contribution in [0.3, 0.4) is 0 Å². The van der Waals surface area contributed by atoms with E-state index in [9.17, 15) is 0 Å². The number of rotatable bonds is 10. The van der Waals surface area contributed by atoms with E-state index in [0.29, 0.717) is 12.0 Å². The number of furan rings is 1. The molecule has 1 N–H and O–H groups in total. The van der Waals surface area contributed by atoms with E-state index in [0.717, 1.165) is 25.4 Å². The van der Waals surface area contributed by atoms with Gasteiger partial charge in [-0.25, -0.2) is 0 Å². The second-order valence-corrected chi connectivity index (χ2v) is 6.92. The molecule has 0 amide bonds. The van der Waals surface area contributed by atoms with Crippen molar-refractivity contribution >= 4 is 11.8 Å². The molecule has 0 aliphatic heterocycles. The van der Waals surface area contributed by atoms with E-state index in [1.165, 1.54) is 17.7 Å². The van der Waals surface area contributed by atoms with Crippen molar-refractivity contribution in [1.29, 1.82) is 0 Å². The first-order valence-electron chi connectivity index (χ1n) is 7.49. The number of hydrogen-bond acceptors (Lipinski definition) is 4. The van der Waals surface area contributed by atoms with E-state index in [1.807, 2.05) is 18.0 Å². The zero-order valence-corrected chi connectivity index (χ0v) is 14.4. The van der Waals surface area contributed by atoms with Gasteiger partial charge in [-0.3, -0.25) is 4.90 Å². The van der Waals surface area contributed by atoms with Crippen LogP contribution in [0.15, 0.2) is 16.7 Å². The van der Waals surface area contributed by atoms with Gasteiger partial charge >= 0.3 is 0 Å². The molecule has 116 valence electrons. The van der Waals surface area contributed by atoms with Gasteiger partial charge in [0, 0.05) is 18.2 Å². The van der Waals surface area contributed by atoms with E-state index in [2.05, 4.69) is 50.4 Å². The molecule has 1 aromatic rings. The molecular weight excluding hydrogens is 268 g/mol. The van der Waals surface area contributed by atoms with E-state index in [1.54, 1.807) is 0 Å². The van der Waals surface area contributed by atoms with Crippen molar-refractivity contribution in [3.8, 4) is 0 Å². The highest BCUT2D eigenvalue weighted by Gasteiger charge is 2.13. The first-order chi connectivity index (χ1) is 9.54. The highest BCUT2D eigenvalue weighted by atomic mass is 32.2. The van der Waals surface area contributed by atoms with Gasteiger partial charge in [0.1, 0.15) is 5.76 Å². The van der Waals surface area contributed by atoms with Crippen molar-refractivity contribution < 1.29 is 4.42 Å². The molecular formula is C16H30N2OS. The molecule has 1 aromatic heterocycles. The van der Waals surface area contributed by atoms with E-state index < -0.39 is 0 Å². The van der Waals surface area contributed by atoms with Crippen molar-refractivity contribution in [2.75, 3.05) is 25.6 Å². The minimum Gasteiger partial charge on any atom is -0.468 e. The highest BCUT2D eigenvalue weighted by Crippen LogP contribution is 2.15. The quantitative estimate of drug-likeness (QED) is 0.714. The van der Waals surface area contributed by atoms with Gasteiger partial charge < -0.3 is 9.73 Å². The molecule has 4 heteroatoms. The summed E-state index contributed by atoms with van der Waals surface area (Å²) in [4.78, 5) is 2.38. The molecule has 0 fully saturated rings. The Bertz CT molecular complexity index is 365. The van der Waals surface area contributed by atoms with Crippen molar-refractivity contribution in [2.24, 2.45) is 5.92 Å². The van der Waals surface area contributed by atoms with E-state index >= 15 is 0 Å². The highest BCUT2D eigenvalue weighted by molar-refractivity contribution is 7.98. The normalized spacial score (nSPS) is 13.3. The van der Waals surface area contributed by atoms with E-state index in [4.69, 9.17) is 4.42 Å². The molecule has 1 rings (SSSR count). The fourth-order valence-corrected chi connectivity index (χ4v) is 2.63. The Morgan fingerprint density at radius 1 is 1.35 bits per heavy atom. The minimum atomic E-state index is 0.587. The first kappa shape index (κ1) is 17.6. The average Bonchev–Trinajstić information content (AvgIpc) is 2.83. The van der Waals surface area contributed by atoms with Gasteiger partial charge in [-0.05, 0) is 50.9 Å². The molecule has 20 heavy (non-hydrogen) atoms. The van der Waals surface area contributed by atoms with E-state index in [-0.39, 0.29) is 0 Å². The largest absolute Gasteiger partial charge is 0.468 e. The van der Waals surface area contributed by atoms with Gasteiger partial charge in [0.2, 0.25) is 0 Å². The molecule has 0 radical (unpaired) electrons. The maximum absolute atomic E-state index is 5.66. The van der Waals surface area contributed by atoms with Gasteiger partial charge in [-0.1, -0.05) is 13.8 Å². The van der Waals surface area contributed by atoms with Crippen LogP contribution in [0, 0.1) is 5.92 Å². The summed E-state index contributed by atoms with van der Waals surface area (Å²) < 4.78 is 5.66. The fourth-order valence-electron chi connectivity index (χ4n) is 2.05. The number of hydrogen-bond donors (Lipinski definition) is 1. The number of nitrogens with zero attached hydrogens (tertiary/aromatic N) is 1. The lowest BCUT2D eigenvalue weighted by Crippen LogP contribution is -2.29. The lowest BCUT2D eigenvalue weighted by molar-refractivity contribution is 0.225. The third-order valence-electron chi connectivity index (χ3n) is 3.59. The minimum absolute atomic E-state index is 0.587. The zero-order valence-electron chi connectivity index (χ0n) is 13.6. The summed E-state index contributed by atoms with van der Waals surface area (Å²) in [5.74, 6) is 2.99. The predicted octanol–water partition coefficient (Wildman–Crippen LogP) is 3.60. The van der Waals surface area contributed by atoms with Crippen LogP contribution in [0.5, 0.6) is 0 Å². The van der Waals surface area contributed by atoms with Gasteiger partial charge in [0.05, 0.1) is 12.8 Å². The molecule has 0 aliphatic rings. The fraction of sp³-hybridized carbons (Fsp3) is 0.750. The number of thioether (sulfide) groups is 1. The summed E-state index contributed by atoms with van der Waals surface area (Å²) in [6, 6.07) is 2.67. The van der Waals surface area contributed by atoms with Gasteiger partial charge in [0.15, 0.2) is 0 Å². The molecule has 1 unspecified atom stereocenters. The summed E-state index contributed by atoms with van der Waals surface area (Å²) in [6.07, 6.45) is 5.19. The van der Waals surface area contributed by atoms with Crippen LogP contribution in [0.2, 0.25) is 0 Å². The SMILES string of the molecule is CSCCC(C)N(C)Cc1occc1CNCC(C)C. The second kappa shape index (κ2) is 9.48. The van der Waals surface area contributed by atoms with Crippen molar-refractivity contribution in [2.45, 2.75) is 46.3 Å². The maximum atomic E-state index is 5.66. The smallest absolute Gasteiger partial charge is 0.122 e. The summed E-state index contributed by atoms with van der Waals surface area (Å²) in [6.45, 7) is 9.58. The molecule has 3 nitrogen and oxygen atoms in total. The zero-order chi connectivity index (χ0) is 15.0. The van der Waals surface area contributed by atoms with Crippen molar-refractivity contribution in [3.63, 3.8) is 0 Å². The molecule has 0 bridgehead atoms. The second-order valence-electron chi connectivity index (χ2n) is 5.94. The maximum Gasteiger partial charge on any atom is 0.122 e. The van der Waals surface area contributed by atoms with Crippen LogP contribution in [-0.2, 0) is 13.1 Å². The Morgan fingerprint density at radius 2 is 2.10 bits per heavy atom. The standard InChI is InChI=1S/C16H30N2OS/c1-13(2)10-17-11-15-6-8-19-16(15)12-18(4)14(3)7-9-20-5/h6,8,13-14,17H,7,9-12H2,1-5H3. The topological polar surface area (TPSA) is 28.4 Å². The molecule has 0 spiro atoms.